The average Bonchev–Trinajstić information content (AvgIpc) is 3.43. The van der Waals surface area contributed by atoms with E-state index in [2.05, 4.69) is 15.2 Å². The van der Waals surface area contributed by atoms with Gasteiger partial charge in [0.15, 0.2) is 5.69 Å². The standard InChI is InChI=1S/C20H22N6O3/c1-2-17-22-19(24-29-17)14-3-5-15(6-4-14)26-12-9-16(23-26)20(28)25-10-7-13(8-11-25)18(21)27/h3-6,9,12-13H,2,7-8,10-11H2,1H3,(H2,21,27). The molecule has 1 aliphatic heterocycles. The molecule has 3 heterocycles. The third-order valence-electron chi connectivity index (χ3n) is 5.15. The summed E-state index contributed by atoms with van der Waals surface area (Å²) in [4.78, 5) is 30.0. The molecule has 29 heavy (non-hydrogen) atoms. The van der Waals surface area contributed by atoms with E-state index in [4.69, 9.17) is 10.3 Å². The largest absolute Gasteiger partial charge is 0.369 e. The molecule has 0 saturated carbocycles. The molecule has 2 amide bonds. The maximum Gasteiger partial charge on any atom is 0.274 e. The van der Waals surface area contributed by atoms with Crippen LogP contribution in [0.1, 0.15) is 36.1 Å². The number of nitrogens with two attached hydrogens (primary N) is 1. The van der Waals surface area contributed by atoms with Crippen molar-refractivity contribution < 1.29 is 14.1 Å². The second-order valence-electron chi connectivity index (χ2n) is 7.03. The van der Waals surface area contributed by atoms with Crippen LogP contribution in [0.2, 0.25) is 0 Å². The van der Waals surface area contributed by atoms with Gasteiger partial charge in [-0.2, -0.15) is 10.1 Å². The molecular weight excluding hydrogens is 372 g/mol. The van der Waals surface area contributed by atoms with E-state index in [-0.39, 0.29) is 17.7 Å². The number of aromatic nitrogens is 4. The number of piperidine rings is 1. The normalized spacial score (nSPS) is 14.9. The first-order valence-electron chi connectivity index (χ1n) is 9.63. The van der Waals surface area contributed by atoms with Gasteiger partial charge in [0.25, 0.3) is 5.91 Å². The lowest BCUT2D eigenvalue weighted by molar-refractivity contribution is -0.123. The van der Waals surface area contributed by atoms with Gasteiger partial charge in [0.05, 0.1) is 5.69 Å². The Morgan fingerprint density at radius 3 is 2.52 bits per heavy atom. The summed E-state index contributed by atoms with van der Waals surface area (Å²) in [7, 11) is 0. The molecule has 2 N–H and O–H groups in total. The number of carbonyl (C=O) groups is 2. The number of hydrogen-bond donors (Lipinski definition) is 1. The minimum atomic E-state index is -0.295. The van der Waals surface area contributed by atoms with Crippen LogP contribution >= 0.6 is 0 Å². The lowest BCUT2D eigenvalue weighted by Gasteiger charge is -2.29. The quantitative estimate of drug-likeness (QED) is 0.705. The third kappa shape index (κ3) is 3.89. The van der Waals surface area contributed by atoms with E-state index >= 15 is 0 Å². The molecule has 3 aromatic rings. The number of carbonyl (C=O) groups excluding carboxylic acids is 2. The minimum absolute atomic E-state index is 0.137. The molecule has 0 aliphatic carbocycles. The first-order chi connectivity index (χ1) is 14.0. The molecule has 150 valence electrons. The Morgan fingerprint density at radius 2 is 1.90 bits per heavy atom. The maximum atomic E-state index is 12.7. The van der Waals surface area contributed by atoms with E-state index in [1.807, 2.05) is 31.2 Å². The van der Waals surface area contributed by atoms with Crippen LogP contribution in [0.15, 0.2) is 41.1 Å². The van der Waals surface area contributed by atoms with Gasteiger partial charge in [-0.3, -0.25) is 9.59 Å². The van der Waals surface area contributed by atoms with Crippen molar-refractivity contribution in [2.45, 2.75) is 26.2 Å². The van der Waals surface area contributed by atoms with Gasteiger partial charge in [0.2, 0.25) is 17.6 Å². The predicted molar refractivity (Wildman–Crippen MR) is 104 cm³/mol. The van der Waals surface area contributed by atoms with Crippen LogP contribution in [-0.2, 0) is 11.2 Å². The van der Waals surface area contributed by atoms with Gasteiger partial charge in [-0.25, -0.2) is 4.68 Å². The highest BCUT2D eigenvalue weighted by atomic mass is 16.5. The van der Waals surface area contributed by atoms with E-state index in [0.29, 0.717) is 49.8 Å². The fourth-order valence-electron chi connectivity index (χ4n) is 3.39. The summed E-state index contributed by atoms with van der Waals surface area (Å²) in [6.07, 6.45) is 3.63. The second-order valence-corrected chi connectivity index (χ2v) is 7.03. The summed E-state index contributed by atoms with van der Waals surface area (Å²) in [6, 6.07) is 9.24. The van der Waals surface area contributed by atoms with Crippen molar-refractivity contribution in [2.75, 3.05) is 13.1 Å². The Balaban J connectivity index is 1.45. The van der Waals surface area contributed by atoms with E-state index in [0.717, 1.165) is 11.3 Å². The van der Waals surface area contributed by atoms with Gasteiger partial charge in [0.1, 0.15) is 0 Å². The zero-order chi connectivity index (χ0) is 20.4. The Bertz CT molecular complexity index is 1020. The van der Waals surface area contributed by atoms with Crippen molar-refractivity contribution in [3.8, 4) is 17.1 Å². The van der Waals surface area contributed by atoms with Gasteiger partial charge in [-0.05, 0) is 43.2 Å². The number of nitrogens with zero attached hydrogens (tertiary/aromatic N) is 5. The Labute approximate surface area is 167 Å². The monoisotopic (exact) mass is 394 g/mol. The summed E-state index contributed by atoms with van der Waals surface area (Å²) in [6.45, 7) is 2.98. The van der Waals surface area contributed by atoms with Gasteiger partial charge < -0.3 is 15.2 Å². The first kappa shape index (κ1) is 18.9. The molecule has 9 heteroatoms. The van der Waals surface area contributed by atoms with Crippen molar-refractivity contribution in [3.63, 3.8) is 0 Å². The average molecular weight is 394 g/mol. The van der Waals surface area contributed by atoms with Crippen molar-refractivity contribution in [1.82, 2.24) is 24.8 Å². The highest BCUT2D eigenvalue weighted by Gasteiger charge is 2.27. The van der Waals surface area contributed by atoms with Crippen LogP contribution in [0.3, 0.4) is 0 Å². The second kappa shape index (κ2) is 7.86. The molecule has 1 aromatic carbocycles. The molecule has 0 spiro atoms. The zero-order valence-electron chi connectivity index (χ0n) is 16.1. The van der Waals surface area contributed by atoms with Gasteiger partial charge in [-0.1, -0.05) is 12.1 Å². The molecule has 0 bridgehead atoms. The number of aryl methyl sites for hydroxylation is 1. The van der Waals surface area contributed by atoms with E-state index in [1.54, 1.807) is 21.8 Å². The van der Waals surface area contributed by atoms with E-state index in [1.165, 1.54) is 0 Å². The molecule has 0 unspecified atom stereocenters. The molecule has 1 saturated heterocycles. The number of benzene rings is 1. The van der Waals surface area contributed by atoms with Crippen molar-refractivity contribution in [2.24, 2.45) is 11.7 Å². The number of amides is 2. The summed E-state index contributed by atoms with van der Waals surface area (Å²) in [5.41, 5.74) is 7.39. The fourth-order valence-corrected chi connectivity index (χ4v) is 3.39. The van der Waals surface area contributed by atoms with Gasteiger partial charge in [0, 0.05) is 37.2 Å². The third-order valence-corrected chi connectivity index (χ3v) is 5.15. The van der Waals surface area contributed by atoms with Crippen molar-refractivity contribution >= 4 is 11.8 Å². The first-order valence-corrected chi connectivity index (χ1v) is 9.63. The molecule has 0 radical (unpaired) electrons. The summed E-state index contributed by atoms with van der Waals surface area (Å²) < 4.78 is 6.80. The lowest BCUT2D eigenvalue weighted by atomic mass is 9.96. The topological polar surface area (TPSA) is 120 Å². The molecule has 1 fully saturated rings. The van der Waals surface area contributed by atoms with Crippen LogP contribution in [0.5, 0.6) is 0 Å². The molecule has 0 atom stereocenters. The predicted octanol–water partition coefficient (Wildman–Crippen LogP) is 1.82. The Morgan fingerprint density at radius 1 is 1.17 bits per heavy atom. The van der Waals surface area contributed by atoms with E-state index < -0.39 is 0 Å². The summed E-state index contributed by atoms with van der Waals surface area (Å²) >= 11 is 0. The molecule has 9 nitrogen and oxygen atoms in total. The van der Waals surface area contributed by atoms with Crippen LogP contribution in [0, 0.1) is 5.92 Å². The molecule has 4 rings (SSSR count). The zero-order valence-corrected chi connectivity index (χ0v) is 16.1. The summed E-state index contributed by atoms with van der Waals surface area (Å²) in [5, 5.41) is 8.38. The fraction of sp³-hybridized carbons (Fsp3) is 0.350. The molecule has 1 aliphatic rings. The smallest absolute Gasteiger partial charge is 0.274 e. The maximum absolute atomic E-state index is 12.7. The van der Waals surface area contributed by atoms with Crippen LogP contribution < -0.4 is 5.73 Å². The Kier molecular flexibility index (Phi) is 5.11. The number of likely N-dealkylation sites (tertiary alicyclic amines) is 1. The number of primary amides is 1. The minimum Gasteiger partial charge on any atom is -0.369 e. The van der Waals surface area contributed by atoms with Crippen molar-refractivity contribution in [3.05, 3.63) is 48.1 Å². The highest BCUT2D eigenvalue weighted by molar-refractivity contribution is 5.92. The SMILES string of the molecule is CCc1nc(-c2ccc(-n3ccc(C(=O)N4CCC(C(N)=O)CC4)n3)cc2)no1. The lowest BCUT2D eigenvalue weighted by Crippen LogP contribution is -2.41. The highest BCUT2D eigenvalue weighted by Crippen LogP contribution is 2.20. The van der Waals surface area contributed by atoms with Gasteiger partial charge >= 0.3 is 0 Å². The molecule has 2 aromatic heterocycles. The van der Waals surface area contributed by atoms with Crippen LogP contribution in [-0.4, -0.2) is 49.7 Å². The van der Waals surface area contributed by atoms with Crippen LogP contribution in [0.25, 0.3) is 17.1 Å². The number of hydrogen-bond acceptors (Lipinski definition) is 6. The Hall–Kier alpha value is -3.49. The van der Waals surface area contributed by atoms with Crippen molar-refractivity contribution in [1.29, 1.82) is 0 Å². The van der Waals surface area contributed by atoms with E-state index in [9.17, 15) is 9.59 Å². The number of rotatable bonds is 5. The van der Waals surface area contributed by atoms with Gasteiger partial charge in [-0.15, -0.1) is 0 Å². The van der Waals surface area contributed by atoms with Crippen LogP contribution in [0.4, 0.5) is 0 Å². The summed E-state index contributed by atoms with van der Waals surface area (Å²) in [5.74, 6) is 0.560. The molecular formula is C20H22N6O3.